The van der Waals surface area contributed by atoms with Gasteiger partial charge in [0.2, 0.25) is 5.76 Å². The minimum atomic E-state index is -0.914. The molecule has 0 aliphatic rings. The molecule has 1 N–H and O–H groups in total. The number of para-hydroxylation sites is 1. The lowest BCUT2D eigenvalue weighted by molar-refractivity contribution is -0.148. The molecule has 1 heterocycles. The van der Waals surface area contributed by atoms with E-state index in [1.807, 2.05) is 0 Å². The first-order valence-electron chi connectivity index (χ1n) is 10.2. The molecule has 1 amide bonds. The van der Waals surface area contributed by atoms with Gasteiger partial charge < -0.3 is 19.2 Å². The Kier molecular flexibility index (Phi) is 7.53. The van der Waals surface area contributed by atoms with Crippen LogP contribution in [0.25, 0.3) is 11.0 Å². The van der Waals surface area contributed by atoms with E-state index in [9.17, 15) is 14.4 Å². The monoisotopic (exact) mass is 457 g/mol. The molecule has 0 fully saturated rings. The van der Waals surface area contributed by atoms with Crippen LogP contribution in [-0.2, 0) is 20.9 Å². The molecule has 32 heavy (non-hydrogen) atoms. The van der Waals surface area contributed by atoms with Crippen LogP contribution in [-0.4, -0.2) is 30.5 Å². The minimum absolute atomic E-state index is 0.0120. The molecule has 0 saturated heterocycles. The summed E-state index contributed by atoms with van der Waals surface area (Å²) in [7, 11) is 0. The van der Waals surface area contributed by atoms with E-state index >= 15 is 0 Å². The number of carbonyl (C=O) groups is 3. The number of hydrogen-bond donors (Lipinski definition) is 1. The Labute approximate surface area is 190 Å². The summed E-state index contributed by atoms with van der Waals surface area (Å²) in [4.78, 5) is 37.8. The second-order valence-corrected chi connectivity index (χ2v) is 7.82. The van der Waals surface area contributed by atoms with Crippen molar-refractivity contribution in [2.24, 2.45) is 5.92 Å². The van der Waals surface area contributed by atoms with Crippen molar-refractivity contribution in [2.45, 2.75) is 33.4 Å². The highest BCUT2D eigenvalue weighted by atomic mass is 35.5. The van der Waals surface area contributed by atoms with Gasteiger partial charge in [-0.05, 0) is 31.0 Å². The number of esters is 2. The van der Waals surface area contributed by atoms with Gasteiger partial charge in [0.05, 0.1) is 22.8 Å². The Morgan fingerprint density at radius 3 is 2.41 bits per heavy atom. The highest BCUT2D eigenvalue weighted by Gasteiger charge is 2.29. The summed E-state index contributed by atoms with van der Waals surface area (Å²) in [6.45, 7) is 5.23. The van der Waals surface area contributed by atoms with Crippen LogP contribution in [0.1, 0.15) is 47.2 Å². The van der Waals surface area contributed by atoms with Gasteiger partial charge in [-0.1, -0.05) is 55.8 Å². The number of halogens is 1. The van der Waals surface area contributed by atoms with E-state index in [4.69, 9.17) is 25.5 Å². The van der Waals surface area contributed by atoms with Crippen LogP contribution < -0.4 is 5.32 Å². The summed E-state index contributed by atoms with van der Waals surface area (Å²) < 4.78 is 16.2. The van der Waals surface area contributed by atoms with Crippen LogP contribution in [0.3, 0.4) is 0 Å². The maximum Gasteiger partial charge on any atom is 0.374 e. The first kappa shape index (κ1) is 23.3. The predicted octanol–water partition coefficient (Wildman–Crippen LogP) is 4.76. The number of fused-ring (bicyclic) bond motifs is 1. The zero-order valence-electron chi connectivity index (χ0n) is 18.0. The molecule has 0 spiro atoms. The van der Waals surface area contributed by atoms with Crippen LogP contribution in [0.5, 0.6) is 0 Å². The topological polar surface area (TPSA) is 94.8 Å². The lowest BCUT2D eigenvalue weighted by atomic mass is 10.0. The molecule has 1 aromatic heterocycles. The lowest BCUT2D eigenvalue weighted by Crippen LogP contribution is -2.45. The molecule has 0 unspecified atom stereocenters. The fourth-order valence-electron chi connectivity index (χ4n) is 3.20. The maximum absolute atomic E-state index is 12.9. The zero-order chi connectivity index (χ0) is 23.3. The summed E-state index contributed by atoms with van der Waals surface area (Å²) in [5, 5.41) is 3.61. The molecule has 3 aromatic rings. The highest BCUT2D eigenvalue weighted by molar-refractivity contribution is 6.33. The van der Waals surface area contributed by atoms with Crippen LogP contribution in [0.4, 0.5) is 0 Å². The van der Waals surface area contributed by atoms with Gasteiger partial charge in [0, 0.05) is 5.39 Å². The van der Waals surface area contributed by atoms with E-state index in [1.54, 1.807) is 69.3 Å². The Morgan fingerprint density at radius 2 is 1.72 bits per heavy atom. The molecule has 1 atom stereocenters. The molecule has 8 heteroatoms. The Balaban J connectivity index is 1.79. The number of ether oxygens (including phenoxy) is 2. The summed E-state index contributed by atoms with van der Waals surface area (Å²) in [5.74, 6) is -2.02. The molecule has 0 aliphatic carbocycles. The Morgan fingerprint density at radius 1 is 1.03 bits per heavy atom. The van der Waals surface area contributed by atoms with Gasteiger partial charge in [-0.2, -0.15) is 0 Å². The van der Waals surface area contributed by atoms with Crippen molar-refractivity contribution >= 4 is 40.4 Å². The van der Waals surface area contributed by atoms with Crippen LogP contribution in [0.2, 0.25) is 5.02 Å². The average molecular weight is 458 g/mol. The molecule has 0 bridgehead atoms. The average Bonchev–Trinajstić information content (AvgIpc) is 3.14. The van der Waals surface area contributed by atoms with E-state index in [-0.39, 0.29) is 35.5 Å². The Bertz CT molecular complexity index is 1140. The maximum atomic E-state index is 12.9. The number of amides is 1. The molecule has 0 saturated carbocycles. The van der Waals surface area contributed by atoms with E-state index in [2.05, 4.69) is 5.32 Å². The van der Waals surface area contributed by atoms with Crippen molar-refractivity contribution in [2.75, 3.05) is 6.61 Å². The fourth-order valence-corrected chi connectivity index (χ4v) is 3.42. The number of furan rings is 1. The minimum Gasteiger partial charge on any atom is -0.460 e. The van der Waals surface area contributed by atoms with Gasteiger partial charge in [0.15, 0.2) is 0 Å². The first-order valence-corrected chi connectivity index (χ1v) is 10.6. The van der Waals surface area contributed by atoms with Crippen molar-refractivity contribution in [3.8, 4) is 0 Å². The fraction of sp³-hybridized carbons (Fsp3) is 0.292. The molecule has 7 nitrogen and oxygen atoms in total. The molecule has 3 rings (SSSR count). The molecule has 0 radical (unpaired) electrons. The summed E-state index contributed by atoms with van der Waals surface area (Å²) in [6, 6.07) is 12.7. The van der Waals surface area contributed by atoms with Crippen molar-refractivity contribution in [1.29, 1.82) is 0 Å². The number of hydrogen-bond acceptors (Lipinski definition) is 6. The smallest absolute Gasteiger partial charge is 0.374 e. The van der Waals surface area contributed by atoms with Crippen molar-refractivity contribution < 1.29 is 28.3 Å². The second kappa shape index (κ2) is 10.3. The van der Waals surface area contributed by atoms with E-state index in [1.165, 1.54) is 0 Å². The summed E-state index contributed by atoms with van der Waals surface area (Å²) >= 11 is 6.09. The largest absolute Gasteiger partial charge is 0.460 e. The van der Waals surface area contributed by atoms with Gasteiger partial charge in [0.25, 0.3) is 5.91 Å². The number of carbonyl (C=O) groups excluding carboxylic acids is 3. The molecular weight excluding hydrogens is 434 g/mol. The van der Waals surface area contributed by atoms with Crippen LogP contribution in [0, 0.1) is 5.92 Å². The van der Waals surface area contributed by atoms with E-state index in [0.29, 0.717) is 16.5 Å². The van der Waals surface area contributed by atoms with Crippen molar-refractivity contribution in [3.05, 3.63) is 70.4 Å². The van der Waals surface area contributed by atoms with Gasteiger partial charge >= 0.3 is 11.9 Å². The third-order valence-electron chi connectivity index (χ3n) is 4.84. The standard InChI is InChI=1S/C24H24ClNO6/c1-4-30-24(29)21-17(15-9-6-8-12-19(15)32-21)13-31-23(28)20(14(2)3)26-22(27)16-10-5-7-11-18(16)25/h5-12,14,20H,4,13H2,1-3H3,(H,26,27)/t20-/m0/s1. The quantitative estimate of drug-likeness (QED) is 0.490. The number of rotatable bonds is 8. The molecule has 2 aromatic carbocycles. The normalized spacial score (nSPS) is 11.9. The third kappa shape index (κ3) is 5.11. The zero-order valence-corrected chi connectivity index (χ0v) is 18.8. The number of benzene rings is 2. The van der Waals surface area contributed by atoms with Gasteiger partial charge in [-0.25, -0.2) is 9.59 Å². The molecule has 168 valence electrons. The van der Waals surface area contributed by atoms with E-state index in [0.717, 1.165) is 0 Å². The molecular formula is C24H24ClNO6. The van der Waals surface area contributed by atoms with Crippen molar-refractivity contribution in [1.82, 2.24) is 5.32 Å². The highest BCUT2D eigenvalue weighted by Crippen LogP contribution is 2.27. The SMILES string of the molecule is CCOC(=O)c1oc2ccccc2c1COC(=O)[C@@H](NC(=O)c1ccccc1Cl)C(C)C. The van der Waals surface area contributed by atoms with Crippen LogP contribution >= 0.6 is 11.6 Å². The van der Waals surface area contributed by atoms with Crippen molar-refractivity contribution in [3.63, 3.8) is 0 Å². The van der Waals surface area contributed by atoms with Gasteiger partial charge in [-0.3, -0.25) is 4.79 Å². The Hall–Kier alpha value is -3.32. The summed E-state index contributed by atoms with van der Waals surface area (Å²) in [5.41, 5.74) is 1.15. The molecule has 0 aliphatic heterocycles. The first-order chi connectivity index (χ1) is 15.3. The van der Waals surface area contributed by atoms with Gasteiger partial charge in [-0.15, -0.1) is 0 Å². The second-order valence-electron chi connectivity index (χ2n) is 7.41. The third-order valence-corrected chi connectivity index (χ3v) is 5.17. The van der Waals surface area contributed by atoms with E-state index < -0.39 is 23.9 Å². The summed E-state index contributed by atoms with van der Waals surface area (Å²) in [6.07, 6.45) is 0. The van der Waals surface area contributed by atoms with Crippen LogP contribution in [0.15, 0.2) is 52.9 Å². The number of nitrogens with one attached hydrogen (secondary N) is 1. The van der Waals surface area contributed by atoms with Gasteiger partial charge in [0.1, 0.15) is 18.2 Å². The predicted molar refractivity (Wildman–Crippen MR) is 120 cm³/mol. The lowest BCUT2D eigenvalue weighted by Gasteiger charge is -2.21.